The summed E-state index contributed by atoms with van der Waals surface area (Å²) in [4.78, 5) is 0. The summed E-state index contributed by atoms with van der Waals surface area (Å²) in [6, 6.07) is 40.7. The molecule has 0 fully saturated rings. The van der Waals surface area contributed by atoms with Crippen LogP contribution in [0.3, 0.4) is 0 Å². The Labute approximate surface area is 191 Å². The van der Waals surface area contributed by atoms with E-state index in [4.69, 9.17) is 9.26 Å². The zero-order chi connectivity index (χ0) is 22.3. The summed E-state index contributed by atoms with van der Waals surface area (Å²) in [5, 5.41) is 3.56. The molecule has 0 radical (unpaired) electrons. The van der Waals surface area contributed by atoms with Crippen molar-refractivity contribution in [1.82, 2.24) is 0 Å². The average molecular weight is 443 g/mol. The summed E-state index contributed by atoms with van der Waals surface area (Å²) in [5.41, 5.74) is 1.25. The first-order valence-electron chi connectivity index (χ1n) is 11.3. The van der Waals surface area contributed by atoms with Crippen LogP contribution in [0.1, 0.15) is 19.4 Å². The molecular weight excluding hydrogens is 411 g/mol. The molecule has 0 spiro atoms. The van der Waals surface area contributed by atoms with E-state index in [9.17, 15) is 0 Å². The summed E-state index contributed by atoms with van der Waals surface area (Å²) in [7, 11) is 0. The maximum atomic E-state index is 7.22. The van der Waals surface area contributed by atoms with Crippen molar-refractivity contribution in [1.29, 1.82) is 0 Å². The first kappa shape index (κ1) is 22.3. The van der Waals surface area contributed by atoms with Gasteiger partial charge in [-0.05, 0) is 0 Å². The Bertz CT molecular complexity index is 1090. The number of para-hydroxylation sites is 1. The van der Waals surface area contributed by atoms with E-state index < -0.39 is 6.83 Å². The van der Waals surface area contributed by atoms with Crippen LogP contribution in [0, 0.1) is 0 Å². The van der Waals surface area contributed by atoms with Gasteiger partial charge in [0.1, 0.15) is 0 Å². The normalized spacial score (nSPS) is 12.6. The molecular formula is C29H31O2P. The van der Waals surface area contributed by atoms with E-state index in [1.54, 1.807) is 0 Å². The topological polar surface area (TPSA) is 18.5 Å². The van der Waals surface area contributed by atoms with Crippen LogP contribution in [-0.4, -0.2) is 13.2 Å². The molecule has 0 atom stereocenters. The van der Waals surface area contributed by atoms with Crippen LogP contribution in [0.15, 0.2) is 115 Å². The van der Waals surface area contributed by atoms with Crippen molar-refractivity contribution >= 4 is 22.7 Å². The molecule has 0 aliphatic rings. The molecule has 0 unspecified atom stereocenters. The Kier molecular flexibility index (Phi) is 6.74. The van der Waals surface area contributed by atoms with Gasteiger partial charge >= 0.3 is 192 Å². The van der Waals surface area contributed by atoms with Crippen LogP contribution in [0.5, 0.6) is 5.75 Å². The van der Waals surface area contributed by atoms with E-state index in [1.165, 1.54) is 16.2 Å². The molecule has 3 heteroatoms. The van der Waals surface area contributed by atoms with Crippen molar-refractivity contribution in [2.24, 2.45) is 0 Å². The van der Waals surface area contributed by atoms with E-state index >= 15 is 0 Å². The molecule has 4 aromatic rings. The molecule has 0 aliphatic carbocycles. The maximum absolute atomic E-state index is 7.22. The SMILES string of the molecule is CCOc1ccccc1P(Cc1ccccc1)(OCC)(c1ccccc1)c1ccccc1. The van der Waals surface area contributed by atoms with Gasteiger partial charge in [0.15, 0.2) is 0 Å². The van der Waals surface area contributed by atoms with Crippen molar-refractivity contribution in [3.63, 3.8) is 0 Å². The van der Waals surface area contributed by atoms with E-state index in [0.717, 1.165) is 17.2 Å². The first-order valence-corrected chi connectivity index (χ1v) is 13.6. The van der Waals surface area contributed by atoms with Crippen molar-refractivity contribution in [2.45, 2.75) is 20.0 Å². The Morgan fingerprint density at radius 2 is 1.06 bits per heavy atom. The Morgan fingerprint density at radius 1 is 0.562 bits per heavy atom. The van der Waals surface area contributed by atoms with Crippen LogP contribution in [0.4, 0.5) is 0 Å². The number of benzene rings is 4. The first-order chi connectivity index (χ1) is 15.7. The van der Waals surface area contributed by atoms with Gasteiger partial charge in [-0.15, -0.1) is 0 Å². The molecule has 0 amide bonds. The third kappa shape index (κ3) is 3.75. The molecule has 0 saturated heterocycles. The monoisotopic (exact) mass is 442 g/mol. The average Bonchev–Trinajstić information content (AvgIpc) is 2.86. The number of ether oxygens (including phenoxy) is 1. The van der Waals surface area contributed by atoms with Crippen molar-refractivity contribution in [3.05, 3.63) is 121 Å². The van der Waals surface area contributed by atoms with Gasteiger partial charge in [0.05, 0.1) is 0 Å². The summed E-state index contributed by atoms with van der Waals surface area (Å²) >= 11 is 0. The fourth-order valence-corrected chi connectivity index (χ4v) is 10.8. The van der Waals surface area contributed by atoms with Gasteiger partial charge in [-0.2, -0.15) is 0 Å². The van der Waals surface area contributed by atoms with Gasteiger partial charge in [0.2, 0.25) is 0 Å². The molecule has 0 N–H and O–H groups in total. The van der Waals surface area contributed by atoms with Crippen molar-refractivity contribution in [3.8, 4) is 5.75 Å². The molecule has 0 aromatic heterocycles. The van der Waals surface area contributed by atoms with Crippen molar-refractivity contribution in [2.75, 3.05) is 13.2 Å². The molecule has 4 rings (SSSR count). The summed E-state index contributed by atoms with van der Waals surface area (Å²) in [5.74, 6) is 0.893. The zero-order valence-corrected chi connectivity index (χ0v) is 19.7. The second kappa shape index (κ2) is 9.69. The van der Waals surface area contributed by atoms with Crippen LogP contribution >= 0.6 is 6.83 Å². The molecule has 4 aromatic carbocycles. The number of hydrogen-bond acceptors (Lipinski definition) is 2. The van der Waals surface area contributed by atoms with E-state index in [1.807, 2.05) is 13.0 Å². The van der Waals surface area contributed by atoms with E-state index in [0.29, 0.717) is 13.2 Å². The second-order valence-electron chi connectivity index (χ2n) is 7.85. The third-order valence-electron chi connectivity index (χ3n) is 6.02. The summed E-state index contributed by atoms with van der Waals surface area (Å²) in [6.07, 6.45) is 0.762. The summed E-state index contributed by atoms with van der Waals surface area (Å²) in [6.45, 7) is 1.88. The van der Waals surface area contributed by atoms with Gasteiger partial charge in [0, 0.05) is 0 Å². The minimum absolute atomic E-state index is 0.592. The molecule has 32 heavy (non-hydrogen) atoms. The van der Waals surface area contributed by atoms with Gasteiger partial charge in [-0.25, -0.2) is 0 Å². The van der Waals surface area contributed by atoms with Crippen LogP contribution in [0.25, 0.3) is 0 Å². The van der Waals surface area contributed by atoms with Crippen LogP contribution in [-0.2, 0) is 10.7 Å². The molecule has 164 valence electrons. The molecule has 0 saturated carbocycles. The predicted molar refractivity (Wildman–Crippen MR) is 138 cm³/mol. The Balaban J connectivity index is 2.20. The second-order valence-corrected chi connectivity index (χ2v) is 12.4. The molecule has 0 heterocycles. The van der Waals surface area contributed by atoms with Gasteiger partial charge < -0.3 is 0 Å². The summed E-state index contributed by atoms with van der Waals surface area (Å²) < 4.78 is 13.5. The van der Waals surface area contributed by atoms with E-state index in [2.05, 4.69) is 116 Å². The third-order valence-corrected chi connectivity index (χ3v) is 12.0. The van der Waals surface area contributed by atoms with Gasteiger partial charge in [-0.1, -0.05) is 0 Å². The quantitative estimate of drug-likeness (QED) is 0.293. The van der Waals surface area contributed by atoms with Crippen LogP contribution < -0.4 is 20.7 Å². The Hall–Kier alpha value is -2.93. The molecule has 0 bridgehead atoms. The van der Waals surface area contributed by atoms with E-state index in [-0.39, 0.29) is 0 Å². The molecule has 0 aliphatic heterocycles. The van der Waals surface area contributed by atoms with Crippen molar-refractivity contribution < 1.29 is 9.26 Å². The minimum atomic E-state index is -3.45. The number of rotatable bonds is 9. The standard InChI is InChI=1S/C29H31O2P/c1-3-30-28-22-14-15-23-29(28)32(31-4-2,26-18-10-6-11-19-26,27-20-12-7-13-21-27)24-25-16-8-5-9-17-25/h5-23H,3-4,24H2,1-2H3. The predicted octanol–water partition coefficient (Wildman–Crippen LogP) is 6.07. The zero-order valence-electron chi connectivity index (χ0n) is 18.9. The van der Waals surface area contributed by atoms with Gasteiger partial charge in [0.25, 0.3) is 0 Å². The Morgan fingerprint density at radius 3 is 1.59 bits per heavy atom. The fraction of sp³-hybridized carbons (Fsp3) is 0.172. The van der Waals surface area contributed by atoms with Gasteiger partial charge in [-0.3, -0.25) is 0 Å². The number of hydrogen-bond donors (Lipinski definition) is 0. The fourth-order valence-electron chi connectivity index (χ4n) is 4.79. The molecule has 2 nitrogen and oxygen atoms in total. The van der Waals surface area contributed by atoms with Crippen LogP contribution in [0.2, 0.25) is 0 Å².